The van der Waals surface area contributed by atoms with Crippen molar-refractivity contribution in [2.24, 2.45) is 4.99 Å². The largest absolute Gasteiger partial charge is 0.273 e. The molecule has 3 aromatic rings. The quantitative estimate of drug-likeness (QED) is 0.541. The Bertz CT molecular complexity index is 959. The smallest absolute Gasteiger partial charge is 0.269 e. The Morgan fingerprint density at radius 1 is 1.17 bits per heavy atom. The average Bonchev–Trinajstić information content (AvgIpc) is 2.99. The van der Waals surface area contributed by atoms with Crippen LogP contribution in [-0.4, -0.2) is 20.6 Å². The lowest BCUT2D eigenvalue weighted by molar-refractivity contribution is -0.384. The monoisotopic (exact) mass is 340 g/mol. The zero-order valence-electron chi connectivity index (χ0n) is 12.6. The van der Waals surface area contributed by atoms with E-state index in [1.165, 1.54) is 35.1 Å². The topological polar surface area (TPSA) is 90.4 Å². The summed E-state index contributed by atoms with van der Waals surface area (Å²) in [5.74, 6) is -0.339. The molecule has 3 rings (SSSR count). The summed E-state index contributed by atoms with van der Waals surface area (Å²) in [6.45, 7) is 1.36. The molecule has 0 aliphatic rings. The number of hydrogen-bond acceptors (Lipinski definition) is 5. The maximum atomic E-state index is 11.4. The fourth-order valence-corrected chi connectivity index (χ4v) is 3.03. The third-order valence-corrected chi connectivity index (χ3v) is 4.10. The number of nitro benzene ring substituents is 1. The van der Waals surface area contributed by atoms with Crippen molar-refractivity contribution in [3.63, 3.8) is 0 Å². The second-order valence-corrected chi connectivity index (χ2v) is 5.83. The van der Waals surface area contributed by atoms with E-state index in [4.69, 9.17) is 0 Å². The van der Waals surface area contributed by atoms with Crippen molar-refractivity contribution in [2.75, 3.05) is 0 Å². The van der Waals surface area contributed by atoms with Crippen LogP contribution in [0.2, 0.25) is 0 Å². The van der Waals surface area contributed by atoms with Gasteiger partial charge in [0.25, 0.3) is 5.69 Å². The molecule has 2 aromatic carbocycles. The van der Waals surface area contributed by atoms with Gasteiger partial charge in [-0.3, -0.25) is 14.9 Å². The van der Waals surface area contributed by atoms with E-state index in [9.17, 15) is 14.9 Å². The van der Waals surface area contributed by atoms with E-state index in [2.05, 4.69) is 10.1 Å². The van der Waals surface area contributed by atoms with Gasteiger partial charge in [-0.1, -0.05) is 41.7 Å². The number of hydrogen-bond donors (Lipinski definition) is 0. The van der Waals surface area contributed by atoms with E-state index < -0.39 is 4.92 Å². The van der Waals surface area contributed by atoms with Crippen molar-refractivity contribution in [1.82, 2.24) is 9.78 Å². The second kappa shape index (κ2) is 6.55. The van der Waals surface area contributed by atoms with Crippen LogP contribution >= 0.6 is 11.3 Å². The van der Waals surface area contributed by atoms with Crippen LogP contribution in [0.4, 0.5) is 5.69 Å². The Morgan fingerprint density at radius 3 is 2.42 bits per heavy atom. The molecule has 120 valence electrons. The molecule has 0 spiro atoms. The third-order valence-electron chi connectivity index (χ3n) is 3.14. The molecule has 0 aliphatic heterocycles. The van der Waals surface area contributed by atoms with Gasteiger partial charge in [-0.2, -0.15) is 10.1 Å². The summed E-state index contributed by atoms with van der Waals surface area (Å²) in [4.78, 5) is 26.1. The molecule has 0 aliphatic carbocycles. The van der Waals surface area contributed by atoms with Crippen LogP contribution in [0.1, 0.15) is 6.92 Å². The average molecular weight is 340 g/mol. The molecule has 0 saturated carbocycles. The fourth-order valence-electron chi connectivity index (χ4n) is 2.07. The van der Waals surface area contributed by atoms with Gasteiger partial charge in [-0.25, -0.2) is 4.68 Å². The second-order valence-electron chi connectivity index (χ2n) is 4.87. The molecule has 0 bridgehead atoms. The van der Waals surface area contributed by atoms with Crippen molar-refractivity contribution in [1.29, 1.82) is 0 Å². The molecule has 8 heteroatoms. The number of aromatic nitrogens is 2. The van der Waals surface area contributed by atoms with Gasteiger partial charge in [0.1, 0.15) is 5.01 Å². The first-order chi connectivity index (χ1) is 11.5. The Labute approximate surface area is 140 Å². The lowest BCUT2D eigenvalue weighted by Gasteiger charge is -2.00. The van der Waals surface area contributed by atoms with Crippen LogP contribution in [0.25, 0.3) is 16.3 Å². The zero-order chi connectivity index (χ0) is 17.1. The van der Waals surface area contributed by atoms with E-state index in [1.54, 1.807) is 12.1 Å². The summed E-state index contributed by atoms with van der Waals surface area (Å²) in [7, 11) is 0. The summed E-state index contributed by atoms with van der Waals surface area (Å²) < 4.78 is 1.51. The Morgan fingerprint density at radius 2 is 1.83 bits per heavy atom. The minimum Gasteiger partial charge on any atom is -0.273 e. The zero-order valence-corrected chi connectivity index (χ0v) is 13.4. The number of carbonyl (C=O) groups is 1. The van der Waals surface area contributed by atoms with Crippen LogP contribution in [0.5, 0.6) is 0 Å². The molecule has 0 fully saturated rings. The number of nitrogens with zero attached hydrogens (tertiary/aromatic N) is 4. The molecule has 24 heavy (non-hydrogen) atoms. The van der Waals surface area contributed by atoms with Crippen molar-refractivity contribution in [3.8, 4) is 16.3 Å². The van der Waals surface area contributed by atoms with E-state index in [0.717, 1.165) is 5.56 Å². The summed E-state index contributed by atoms with van der Waals surface area (Å²) in [6.07, 6.45) is 0. The molecule has 0 atom stereocenters. The molecule has 0 unspecified atom stereocenters. The lowest BCUT2D eigenvalue weighted by Crippen LogP contribution is -2.15. The van der Waals surface area contributed by atoms with Gasteiger partial charge in [0.2, 0.25) is 10.7 Å². The number of non-ortho nitro benzene ring substituents is 1. The lowest BCUT2D eigenvalue weighted by atomic mass is 10.2. The Kier molecular flexibility index (Phi) is 4.30. The molecule has 0 saturated heterocycles. The number of nitro groups is 1. The normalized spacial score (nSPS) is 11.5. The van der Waals surface area contributed by atoms with Gasteiger partial charge >= 0.3 is 0 Å². The summed E-state index contributed by atoms with van der Waals surface area (Å²) in [5.41, 5.74) is 1.49. The van der Waals surface area contributed by atoms with E-state index >= 15 is 0 Å². The van der Waals surface area contributed by atoms with Crippen LogP contribution in [0.15, 0.2) is 59.6 Å². The highest BCUT2D eigenvalue weighted by Gasteiger charge is 2.11. The van der Waals surface area contributed by atoms with E-state index in [1.807, 2.05) is 30.3 Å². The highest BCUT2D eigenvalue weighted by molar-refractivity contribution is 7.12. The molecular weight excluding hydrogens is 328 g/mol. The van der Waals surface area contributed by atoms with E-state index in [-0.39, 0.29) is 11.6 Å². The molecule has 0 radical (unpaired) electrons. The Balaban J connectivity index is 2.14. The third kappa shape index (κ3) is 3.28. The van der Waals surface area contributed by atoms with Crippen molar-refractivity contribution in [3.05, 3.63) is 69.5 Å². The first-order valence-corrected chi connectivity index (χ1v) is 7.82. The molecular formula is C16H12N4O3S. The fraction of sp³-hybridized carbons (Fsp3) is 0.0625. The van der Waals surface area contributed by atoms with Crippen LogP contribution in [0, 0.1) is 10.1 Å². The van der Waals surface area contributed by atoms with Gasteiger partial charge in [0, 0.05) is 24.6 Å². The van der Waals surface area contributed by atoms with Crippen molar-refractivity contribution in [2.45, 2.75) is 6.92 Å². The van der Waals surface area contributed by atoms with Crippen molar-refractivity contribution < 1.29 is 9.72 Å². The number of carbonyl (C=O) groups excluding carboxylic acids is 1. The van der Waals surface area contributed by atoms with Gasteiger partial charge in [-0.05, 0) is 12.1 Å². The molecule has 1 heterocycles. The first-order valence-electron chi connectivity index (χ1n) is 7.00. The first kappa shape index (κ1) is 15.8. The van der Waals surface area contributed by atoms with Crippen LogP contribution in [0.3, 0.4) is 0 Å². The summed E-state index contributed by atoms with van der Waals surface area (Å²) in [6, 6.07) is 15.5. The SMILES string of the molecule is CC(=O)N=c1sc(-c2ccccc2)nn1-c1ccc([N+](=O)[O-])cc1. The maximum Gasteiger partial charge on any atom is 0.269 e. The molecule has 7 nitrogen and oxygen atoms in total. The number of amides is 1. The highest BCUT2D eigenvalue weighted by atomic mass is 32.1. The van der Waals surface area contributed by atoms with Gasteiger partial charge in [0.15, 0.2) is 0 Å². The standard InChI is InChI=1S/C16H12N4O3S/c1-11(21)17-16-19(13-7-9-14(10-8-13)20(22)23)18-15(24-16)12-5-3-2-4-6-12/h2-10H,1H3. The predicted octanol–water partition coefficient (Wildman–Crippen LogP) is 2.96. The molecule has 1 amide bonds. The van der Waals surface area contributed by atoms with Crippen LogP contribution < -0.4 is 4.80 Å². The maximum absolute atomic E-state index is 11.4. The molecule has 0 N–H and O–H groups in total. The van der Waals surface area contributed by atoms with Gasteiger partial charge < -0.3 is 0 Å². The molecule has 1 aromatic heterocycles. The van der Waals surface area contributed by atoms with Gasteiger partial charge in [-0.15, -0.1) is 0 Å². The highest BCUT2D eigenvalue weighted by Crippen LogP contribution is 2.21. The van der Waals surface area contributed by atoms with Crippen molar-refractivity contribution >= 4 is 22.9 Å². The van der Waals surface area contributed by atoms with Crippen LogP contribution in [-0.2, 0) is 4.79 Å². The minimum absolute atomic E-state index is 0.0112. The number of benzene rings is 2. The Hall–Kier alpha value is -3.13. The van der Waals surface area contributed by atoms with Gasteiger partial charge in [0.05, 0.1) is 10.6 Å². The minimum atomic E-state index is -0.467. The summed E-state index contributed by atoms with van der Waals surface area (Å²) >= 11 is 1.28. The summed E-state index contributed by atoms with van der Waals surface area (Å²) in [5, 5.41) is 16.0. The number of rotatable bonds is 3. The predicted molar refractivity (Wildman–Crippen MR) is 89.8 cm³/mol. The van der Waals surface area contributed by atoms with E-state index in [0.29, 0.717) is 15.5 Å².